The van der Waals surface area contributed by atoms with E-state index >= 15 is 0 Å². The fourth-order valence-electron chi connectivity index (χ4n) is 1.93. The summed E-state index contributed by atoms with van der Waals surface area (Å²) in [4.78, 5) is 0. The zero-order valence-corrected chi connectivity index (χ0v) is 11.7. The number of aliphatic hydroxyl groups is 1. The van der Waals surface area contributed by atoms with Crippen molar-refractivity contribution >= 4 is 11.6 Å². The van der Waals surface area contributed by atoms with E-state index in [1.807, 2.05) is 0 Å². The number of benzene rings is 2. The predicted octanol–water partition coefficient (Wildman–Crippen LogP) is 3.58. The molecule has 1 atom stereocenters. The molecule has 21 heavy (non-hydrogen) atoms. The molecule has 112 valence electrons. The standard InChI is InChI=1S/C15H13ClF3NO/c16-12-3-1-9(6-14(12)19)15(8-21)20-7-10-5-11(17)2-4-13(10)18/h1-6,15,20-21H,7-8H2. The van der Waals surface area contributed by atoms with E-state index < -0.39 is 23.5 Å². The Morgan fingerprint density at radius 2 is 1.81 bits per heavy atom. The quantitative estimate of drug-likeness (QED) is 0.884. The summed E-state index contributed by atoms with van der Waals surface area (Å²) in [6.45, 7) is -0.322. The molecule has 2 nitrogen and oxygen atoms in total. The molecule has 0 aliphatic rings. The van der Waals surface area contributed by atoms with Gasteiger partial charge in [-0.25, -0.2) is 13.2 Å². The van der Waals surface area contributed by atoms with Gasteiger partial charge in [0.2, 0.25) is 0 Å². The van der Waals surface area contributed by atoms with Crippen LogP contribution in [0.5, 0.6) is 0 Å². The van der Waals surface area contributed by atoms with Crippen LogP contribution < -0.4 is 5.32 Å². The molecule has 1 unspecified atom stereocenters. The van der Waals surface area contributed by atoms with E-state index in [0.717, 1.165) is 18.2 Å². The minimum Gasteiger partial charge on any atom is -0.394 e. The van der Waals surface area contributed by atoms with E-state index in [0.29, 0.717) is 5.56 Å². The minimum atomic E-state index is -0.612. The maximum atomic E-state index is 13.5. The predicted molar refractivity (Wildman–Crippen MR) is 74.4 cm³/mol. The smallest absolute Gasteiger partial charge is 0.142 e. The molecule has 0 aliphatic carbocycles. The van der Waals surface area contributed by atoms with E-state index in [4.69, 9.17) is 11.6 Å². The third kappa shape index (κ3) is 3.97. The topological polar surface area (TPSA) is 32.3 Å². The lowest BCUT2D eigenvalue weighted by molar-refractivity contribution is 0.243. The van der Waals surface area contributed by atoms with Crippen molar-refractivity contribution in [1.82, 2.24) is 5.32 Å². The number of aliphatic hydroxyl groups excluding tert-OH is 1. The molecule has 2 aromatic rings. The highest BCUT2D eigenvalue weighted by atomic mass is 35.5. The summed E-state index contributed by atoms with van der Waals surface area (Å²) in [5.74, 6) is -1.71. The Morgan fingerprint density at radius 1 is 1.05 bits per heavy atom. The van der Waals surface area contributed by atoms with Gasteiger partial charge in [0.1, 0.15) is 17.5 Å². The van der Waals surface area contributed by atoms with Crippen LogP contribution in [0.2, 0.25) is 5.02 Å². The molecule has 0 aliphatic heterocycles. The first-order valence-electron chi connectivity index (χ1n) is 6.24. The van der Waals surface area contributed by atoms with Crippen molar-refractivity contribution in [2.75, 3.05) is 6.61 Å². The molecule has 2 aromatic carbocycles. The monoisotopic (exact) mass is 315 g/mol. The fraction of sp³-hybridized carbons (Fsp3) is 0.200. The first-order valence-corrected chi connectivity index (χ1v) is 6.62. The van der Waals surface area contributed by atoms with Crippen LogP contribution in [0.25, 0.3) is 0 Å². The molecule has 0 amide bonds. The van der Waals surface area contributed by atoms with Crippen molar-refractivity contribution in [3.05, 3.63) is 70.0 Å². The zero-order valence-electron chi connectivity index (χ0n) is 10.9. The van der Waals surface area contributed by atoms with Crippen molar-refractivity contribution < 1.29 is 18.3 Å². The molecule has 0 heterocycles. The lowest BCUT2D eigenvalue weighted by atomic mass is 10.1. The first-order chi connectivity index (χ1) is 10.0. The number of rotatable bonds is 5. The van der Waals surface area contributed by atoms with Crippen molar-refractivity contribution in [2.45, 2.75) is 12.6 Å². The molecular formula is C15H13ClF3NO. The lowest BCUT2D eigenvalue weighted by Gasteiger charge is -2.17. The zero-order chi connectivity index (χ0) is 15.4. The Bertz CT molecular complexity index is 636. The maximum Gasteiger partial charge on any atom is 0.142 e. The molecule has 0 saturated heterocycles. The summed E-state index contributed by atoms with van der Waals surface area (Å²) in [5, 5.41) is 12.2. The fourth-order valence-corrected chi connectivity index (χ4v) is 2.05. The average molecular weight is 316 g/mol. The highest BCUT2D eigenvalue weighted by Crippen LogP contribution is 2.21. The molecule has 2 rings (SSSR count). The Labute approximate surface area is 125 Å². The van der Waals surface area contributed by atoms with E-state index in [1.165, 1.54) is 12.1 Å². The molecule has 0 aromatic heterocycles. The van der Waals surface area contributed by atoms with Gasteiger partial charge >= 0.3 is 0 Å². The molecular weight excluding hydrogens is 303 g/mol. The number of hydrogen-bond donors (Lipinski definition) is 2. The van der Waals surface area contributed by atoms with Gasteiger partial charge in [0.25, 0.3) is 0 Å². The second-order valence-electron chi connectivity index (χ2n) is 4.53. The summed E-state index contributed by atoms with van der Waals surface area (Å²) >= 11 is 5.59. The molecule has 6 heteroatoms. The van der Waals surface area contributed by atoms with E-state index in [-0.39, 0.29) is 23.7 Å². The van der Waals surface area contributed by atoms with E-state index in [1.54, 1.807) is 6.07 Å². The van der Waals surface area contributed by atoms with Gasteiger partial charge in [-0.1, -0.05) is 17.7 Å². The van der Waals surface area contributed by atoms with Gasteiger partial charge in [-0.3, -0.25) is 0 Å². The average Bonchev–Trinajstić information content (AvgIpc) is 2.46. The molecule has 0 fully saturated rings. The van der Waals surface area contributed by atoms with Crippen LogP contribution >= 0.6 is 11.6 Å². The first kappa shape index (κ1) is 15.8. The van der Waals surface area contributed by atoms with Crippen LogP contribution in [-0.2, 0) is 6.54 Å². The van der Waals surface area contributed by atoms with Gasteiger partial charge in [-0.15, -0.1) is 0 Å². The largest absolute Gasteiger partial charge is 0.394 e. The Hall–Kier alpha value is -1.56. The van der Waals surface area contributed by atoms with E-state index in [2.05, 4.69) is 5.32 Å². The molecule has 2 N–H and O–H groups in total. The second kappa shape index (κ2) is 6.93. The van der Waals surface area contributed by atoms with Crippen molar-refractivity contribution in [3.63, 3.8) is 0 Å². The number of nitrogens with one attached hydrogen (secondary N) is 1. The van der Waals surface area contributed by atoms with Gasteiger partial charge in [-0.2, -0.15) is 0 Å². The molecule has 0 radical (unpaired) electrons. The maximum absolute atomic E-state index is 13.5. The summed E-state index contributed by atoms with van der Waals surface area (Å²) in [7, 11) is 0. The van der Waals surface area contributed by atoms with Gasteiger partial charge < -0.3 is 10.4 Å². The highest BCUT2D eigenvalue weighted by Gasteiger charge is 2.13. The van der Waals surface area contributed by atoms with Crippen LogP contribution in [0.1, 0.15) is 17.2 Å². The van der Waals surface area contributed by atoms with Crippen molar-refractivity contribution in [2.24, 2.45) is 0 Å². The highest BCUT2D eigenvalue weighted by molar-refractivity contribution is 6.30. The summed E-state index contributed by atoms with van der Waals surface area (Å²) in [6, 6.07) is 6.64. The number of halogens is 4. The normalized spacial score (nSPS) is 12.4. The third-order valence-electron chi connectivity index (χ3n) is 3.08. The van der Waals surface area contributed by atoms with Crippen LogP contribution in [0.15, 0.2) is 36.4 Å². The van der Waals surface area contributed by atoms with Gasteiger partial charge in [0.05, 0.1) is 17.7 Å². The second-order valence-corrected chi connectivity index (χ2v) is 4.93. The van der Waals surface area contributed by atoms with Crippen LogP contribution in [0.4, 0.5) is 13.2 Å². The van der Waals surface area contributed by atoms with Gasteiger partial charge in [-0.05, 0) is 35.9 Å². The third-order valence-corrected chi connectivity index (χ3v) is 3.38. The lowest BCUT2D eigenvalue weighted by Crippen LogP contribution is -2.24. The van der Waals surface area contributed by atoms with Gasteiger partial charge in [0.15, 0.2) is 0 Å². The minimum absolute atomic E-state index is 0.000927. The van der Waals surface area contributed by atoms with E-state index in [9.17, 15) is 18.3 Å². The Morgan fingerprint density at radius 3 is 2.48 bits per heavy atom. The summed E-state index contributed by atoms with van der Waals surface area (Å²) in [6.07, 6.45) is 0. The van der Waals surface area contributed by atoms with Gasteiger partial charge in [0, 0.05) is 12.1 Å². The molecule has 0 saturated carbocycles. The Kier molecular flexibility index (Phi) is 5.22. The molecule has 0 spiro atoms. The Balaban J connectivity index is 2.12. The summed E-state index contributed by atoms with van der Waals surface area (Å²) < 4.78 is 40.0. The number of hydrogen-bond acceptors (Lipinski definition) is 2. The molecule has 0 bridgehead atoms. The van der Waals surface area contributed by atoms with Crippen LogP contribution in [-0.4, -0.2) is 11.7 Å². The van der Waals surface area contributed by atoms with Crippen molar-refractivity contribution in [1.29, 1.82) is 0 Å². The van der Waals surface area contributed by atoms with Crippen molar-refractivity contribution in [3.8, 4) is 0 Å². The van der Waals surface area contributed by atoms with Crippen LogP contribution in [0, 0.1) is 17.5 Å². The van der Waals surface area contributed by atoms with Crippen LogP contribution in [0.3, 0.4) is 0 Å². The summed E-state index contributed by atoms with van der Waals surface area (Å²) in [5.41, 5.74) is 0.596. The SMILES string of the molecule is OCC(NCc1cc(F)ccc1F)c1ccc(Cl)c(F)c1.